The molecule has 0 aliphatic carbocycles. The Morgan fingerprint density at radius 1 is 1.29 bits per heavy atom. The second-order valence-corrected chi connectivity index (χ2v) is 4.87. The van der Waals surface area contributed by atoms with Crippen molar-refractivity contribution in [1.82, 2.24) is 4.98 Å². The molecule has 0 atom stereocenters. The number of benzene rings is 1. The molecule has 88 valence electrons. The van der Waals surface area contributed by atoms with Gasteiger partial charge in [-0.15, -0.1) is 0 Å². The summed E-state index contributed by atoms with van der Waals surface area (Å²) in [5.41, 5.74) is 2.07. The Kier molecular flexibility index (Phi) is 3.33. The Morgan fingerprint density at radius 3 is 2.53 bits per heavy atom. The fraction of sp³-hybridized carbons (Fsp3) is 0.154. The highest BCUT2D eigenvalue weighted by atomic mass is 79.9. The predicted octanol–water partition coefficient (Wildman–Crippen LogP) is 2.74. The van der Waals surface area contributed by atoms with Gasteiger partial charge in [0.05, 0.1) is 0 Å². The fourth-order valence-corrected chi connectivity index (χ4v) is 1.93. The maximum absolute atomic E-state index is 11.4. The fourth-order valence-electron chi connectivity index (χ4n) is 1.67. The average Bonchev–Trinajstić information content (AvgIpc) is 2.29. The molecule has 2 aromatic rings. The highest BCUT2D eigenvalue weighted by Gasteiger charge is 2.04. The lowest BCUT2D eigenvalue weighted by Crippen LogP contribution is -2.10. The number of aromatic nitrogens is 1. The monoisotopic (exact) mass is 293 g/mol. The molecule has 0 unspecified atom stereocenters. The van der Waals surface area contributed by atoms with Crippen LogP contribution in [0.2, 0.25) is 0 Å². The van der Waals surface area contributed by atoms with Crippen LogP contribution in [0.15, 0.2) is 39.6 Å². The van der Waals surface area contributed by atoms with Crippen LogP contribution in [0.3, 0.4) is 0 Å². The molecule has 2 N–H and O–H groups in total. The third-order valence-corrected chi connectivity index (χ3v) is 3.09. The van der Waals surface area contributed by atoms with E-state index in [1.54, 1.807) is 13.0 Å². The van der Waals surface area contributed by atoms with Crippen LogP contribution in [-0.2, 0) is 6.42 Å². The highest BCUT2D eigenvalue weighted by Crippen LogP contribution is 2.15. The minimum Gasteiger partial charge on any atom is -0.503 e. The van der Waals surface area contributed by atoms with Crippen LogP contribution in [0.25, 0.3) is 0 Å². The maximum atomic E-state index is 11.4. The number of nitrogens with one attached hydrogen (secondary N) is 1. The van der Waals surface area contributed by atoms with E-state index in [0.717, 1.165) is 15.7 Å². The summed E-state index contributed by atoms with van der Waals surface area (Å²) < 4.78 is 1.02. The van der Waals surface area contributed by atoms with E-state index >= 15 is 0 Å². The summed E-state index contributed by atoms with van der Waals surface area (Å²) in [5, 5.41) is 9.38. The summed E-state index contributed by atoms with van der Waals surface area (Å²) in [4.78, 5) is 14.1. The van der Waals surface area contributed by atoms with Gasteiger partial charge in [0.2, 0.25) is 0 Å². The zero-order valence-electron chi connectivity index (χ0n) is 9.33. The quantitative estimate of drug-likeness (QED) is 0.895. The number of hydrogen-bond acceptors (Lipinski definition) is 2. The first kappa shape index (κ1) is 11.9. The van der Waals surface area contributed by atoms with Crippen molar-refractivity contribution in [3.63, 3.8) is 0 Å². The summed E-state index contributed by atoms with van der Waals surface area (Å²) in [5.74, 6) is -0.204. The van der Waals surface area contributed by atoms with E-state index in [9.17, 15) is 9.90 Å². The molecular weight excluding hydrogens is 282 g/mol. The van der Waals surface area contributed by atoms with Gasteiger partial charge in [-0.2, -0.15) is 0 Å². The predicted molar refractivity (Wildman–Crippen MR) is 70.4 cm³/mol. The van der Waals surface area contributed by atoms with Gasteiger partial charge in [-0.25, -0.2) is 0 Å². The van der Waals surface area contributed by atoms with Gasteiger partial charge in [-0.3, -0.25) is 4.79 Å². The lowest BCUT2D eigenvalue weighted by atomic mass is 10.1. The zero-order chi connectivity index (χ0) is 12.4. The number of pyridine rings is 1. The first-order valence-electron chi connectivity index (χ1n) is 5.22. The third kappa shape index (κ3) is 2.77. The molecule has 0 aliphatic rings. The van der Waals surface area contributed by atoms with Gasteiger partial charge in [0, 0.05) is 16.6 Å². The molecular formula is C13H12BrNO2. The van der Waals surface area contributed by atoms with E-state index in [1.165, 1.54) is 0 Å². The third-order valence-electron chi connectivity index (χ3n) is 2.56. The van der Waals surface area contributed by atoms with E-state index in [0.29, 0.717) is 12.0 Å². The van der Waals surface area contributed by atoms with Crippen LogP contribution >= 0.6 is 15.9 Å². The Bertz CT molecular complexity index is 587. The number of hydrogen-bond donors (Lipinski definition) is 2. The number of aromatic hydroxyl groups is 1. The van der Waals surface area contributed by atoms with Crippen LogP contribution in [-0.4, -0.2) is 10.1 Å². The molecule has 4 heteroatoms. The Hall–Kier alpha value is -1.55. The summed E-state index contributed by atoms with van der Waals surface area (Å²) in [6.07, 6.45) is 0.642. The maximum Gasteiger partial charge on any atom is 0.290 e. The second kappa shape index (κ2) is 4.75. The van der Waals surface area contributed by atoms with Gasteiger partial charge in [0.25, 0.3) is 5.56 Å². The molecule has 0 spiro atoms. The lowest BCUT2D eigenvalue weighted by Gasteiger charge is -2.04. The Morgan fingerprint density at radius 2 is 1.94 bits per heavy atom. The van der Waals surface area contributed by atoms with E-state index in [-0.39, 0.29) is 5.75 Å². The molecule has 0 saturated carbocycles. The highest BCUT2D eigenvalue weighted by molar-refractivity contribution is 9.10. The van der Waals surface area contributed by atoms with Crippen LogP contribution in [0.4, 0.5) is 0 Å². The van der Waals surface area contributed by atoms with E-state index in [2.05, 4.69) is 20.9 Å². The summed E-state index contributed by atoms with van der Waals surface area (Å²) in [7, 11) is 0. The lowest BCUT2D eigenvalue weighted by molar-refractivity contribution is 0.461. The topological polar surface area (TPSA) is 53.1 Å². The van der Waals surface area contributed by atoms with Gasteiger partial charge in [0.1, 0.15) is 0 Å². The average molecular weight is 294 g/mol. The van der Waals surface area contributed by atoms with Crippen molar-refractivity contribution in [2.45, 2.75) is 13.3 Å². The van der Waals surface area contributed by atoms with Crippen molar-refractivity contribution in [1.29, 1.82) is 0 Å². The van der Waals surface area contributed by atoms with Crippen molar-refractivity contribution < 1.29 is 5.11 Å². The van der Waals surface area contributed by atoms with Gasteiger partial charge >= 0.3 is 0 Å². The molecule has 0 saturated heterocycles. The van der Waals surface area contributed by atoms with Crippen molar-refractivity contribution in [2.75, 3.05) is 0 Å². The van der Waals surface area contributed by atoms with E-state index < -0.39 is 5.56 Å². The van der Waals surface area contributed by atoms with Gasteiger partial charge in [-0.1, -0.05) is 28.1 Å². The zero-order valence-corrected chi connectivity index (χ0v) is 10.9. The van der Waals surface area contributed by atoms with Crippen molar-refractivity contribution in [2.24, 2.45) is 0 Å². The normalized spacial score (nSPS) is 10.5. The number of aryl methyl sites for hydroxylation is 1. The first-order valence-corrected chi connectivity index (χ1v) is 6.02. The molecule has 1 heterocycles. The Balaban J connectivity index is 2.30. The second-order valence-electron chi connectivity index (χ2n) is 3.96. The minimum atomic E-state index is -0.433. The first-order chi connectivity index (χ1) is 8.06. The van der Waals surface area contributed by atoms with Crippen LogP contribution in [0.5, 0.6) is 5.75 Å². The summed E-state index contributed by atoms with van der Waals surface area (Å²) in [6, 6.07) is 9.69. The van der Waals surface area contributed by atoms with Gasteiger partial charge < -0.3 is 10.1 Å². The van der Waals surface area contributed by atoms with Crippen LogP contribution in [0.1, 0.15) is 16.8 Å². The number of halogens is 1. The van der Waals surface area contributed by atoms with Gasteiger partial charge in [0.15, 0.2) is 5.75 Å². The number of aromatic amines is 1. The Labute approximate surface area is 107 Å². The van der Waals surface area contributed by atoms with Crippen molar-refractivity contribution in [3.8, 4) is 5.75 Å². The summed E-state index contributed by atoms with van der Waals surface area (Å²) in [6.45, 7) is 1.72. The van der Waals surface area contributed by atoms with E-state index in [1.807, 2.05) is 24.3 Å². The smallest absolute Gasteiger partial charge is 0.290 e. The van der Waals surface area contributed by atoms with Gasteiger partial charge in [-0.05, 0) is 36.2 Å². The number of rotatable bonds is 2. The molecule has 1 aromatic heterocycles. The molecule has 3 nitrogen and oxygen atoms in total. The molecule has 0 fully saturated rings. The molecule has 0 bridgehead atoms. The largest absolute Gasteiger partial charge is 0.503 e. The minimum absolute atomic E-state index is 0.204. The molecule has 2 rings (SSSR count). The molecule has 1 aromatic carbocycles. The van der Waals surface area contributed by atoms with E-state index in [4.69, 9.17) is 0 Å². The van der Waals surface area contributed by atoms with Crippen molar-refractivity contribution in [3.05, 3.63) is 62.0 Å². The number of H-pyrrole nitrogens is 1. The van der Waals surface area contributed by atoms with Crippen LogP contribution in [0, 0.1) is 6.92 Å². The van der Waals surface area contributed by atoms with Crippen LogP contribution < -0.4 is 5.56 Å². The SMILES string of the molecule is Cc1cc(Cc2ccc(Br)cc2)[nH]c(=O)c1O. The summed E-state index contributed by atoms with van der Waals surface area (Å²) >= 11 is 3.37. The molecule has 0 amide bonds. The standard InChI is InChI=1S/C13H12BrNO2/c1-8-6-11(15-13(17)12(8)16)7-9-2-4-10(14)5-3-9/h2-6,16H,7H2,1H3,(H,15,17). The van der Waals surface area contributed by atoms with Crippen molar-refractivity contribution >= 4 is 15.9 Å². The molecule has 0 radical (unpaired) electrons. The molecule has 0 aliphatic heterocycles. The molecule has 17 heavy (non-hydrogen) atoms.